The predicted octanol–water partition coefficient (Wildman–Crippen LogP) is 4.26. The number of anilines is 1. The zero-order valence-electron chi connectivity index (χ0n) is 21.6. The van der Waals surface area contributed by atoms with Gasteiger partial charge in [0.1, 0.15) is 11.7 Å². The van der Waals surface area contributed by atoms with Crippen molar-refractivity contribution in [1.29, 1.82) is 0 Å². The number of pyridine rings is 1. The smallest absolute Gasteiger partial charge is 0.279 e. The number of amides is 2. The van der Waals surface area contributed by atoms with E-state index in [1.807, 2.05) is 48.5 Å². The quantitative estimate of drug-likeness (QED) is 0.360. The van der Waals surface area contributed by atoms with Gasteiger partial charge >= 0.3 is 0 Å². The summed E-state index contributed by atoms with van der Waals surface area (Å²) in [4.78, 5) is 40.6. The van der Waals surface area contributed by atoms with Crippen LogP contribution in [0.3, 0.4) is 0 Å². The molecule has 0 spiro atoms. The fourth-order valence-electron chi connectivity index (χ4n) is 4.93. The molecule has 3 atom stereocenters. The maximum absolute atomic E-state index is 14.0. The number of nitrogens with one attached hydrogen (secondary N) is 2. The van der Waals surface area contributed by atoms with Crippen molar-refractivity contribution in [2.45, 2.75) is 50.8 Å². The summed E-state index contributed by atoms with van der Waals surface area (Å²) in [7, 11) is 0. The molecule has 0 aliphatic heterocycles. The second-order valence-electron chi connectivity index (χ2n) is 10.6. The molecular formula is C30H31N5O3. The summed E-state index contributed by atoms with van der Waals surface area (Å²) < 4.78 is 0. The Balaban J connectivity index is 1.55. The van der Waals surface area contributed by atoms with Gasteiger partial charge in [-0.15, -0.1) is 0 Å². The lowest BCUT2D eigenvalue weighted by Gasteiger charge is -2.32. The topological polar surface area (TPSA) is 111 Å². The van der Waals surface area contributed by atoms with Gasteiger partial charge < -0.3 is 15.4 Å². The van der Waals surface area contributed by atoms with Gasteiger partial charge in [0.05, 0.1) is 18.5 Å². The minimum Gasteiger partial charge on any atom is -0.386 e. The van der Waals surface area contributed by atoms with E-state index >= 15 is 0 Å². The lowest BCUT2D eigenvalue weighted by Crippen LogP contribution is -2.48. The molecule has 8 nitrogen and oxygen atoms in total. The molecule has 1 aliphatic rings. The summed E-state index contributed by atoms with van der Waals surface area (Å²) >= 11 is 0. The highest BCUT2D eigenvalue weighted by atomic mass is 16.3. The van der Waals surface area contributed by atoms with Gasteiger partial charge in [-0.25, -0.2) is 4.98 Å². The van der Waals surface area contributed by atoms with Crippen molar-refractivity contribution in [3.05, 3.63) is 114 Å². The maximum atomic E-state index is 14.0. The molecule has 0 bridgehead atoms. The number of aromatic amines is 1. The Morgan fingerprint density at radius 3 is 2.47 bits per heavy atom. The summed E-state index contributed by atoms with van der Waals surface area (Å²) in [6, 6.07) is 17.2. The number of benzene rings is 2. The summed E-state index contributed by atoms with van der Waals surface area (Å²) in [6.07, 6.45) is 5.79. The van der Waals surface area contributed by atoms with Crippen LogP contribution in [0.2, 0.25) is 0 Å². The number of carbonyl (C=O) groups excluding carboxylic acids is 2. The van der Waals surface area contributed by atoms with Gasteiger partial charge in [-0.1, -0.05) is 63.2 Å². The molecule has 1 aliphatic carbocycles. The Labute approximate surface area is 221 Å². The Morgan fingerprint density at radius 2 is 1.84 bits per heavy atom. The van der Waals surface area contributed by atoms with Crippen LogP contribution in [0.4, 0.5) is 5.69 Å². The summed E-state index contributed by atoms with van der Waals surface area (Å²) in [5, 5.41) is 14.0. The number of fused-ring (bicyclic) bond motifs is 1. The van der Waals surface area contributed by atoms with E-state index in [1.165, 1.54) is 17.4 Å². The normalized spacial score (nSPS) is 17.5. The maximum Gasteiger partial charge on any atom is 0.279 e. The van der Waals surface area contributed by atoms with E-state index in [1.54, 1.807) is 24.5 Å². The van der Waals surface area contributed by atoms with Crippen molar-refractivity contribution in [1.82, 2.24) is 20.3 Å². The lowest BCUT2D eigenvalue weighted by atomic mass is 9.87. The van der Waals surface area contributed by atoms with Crippen LogP contribution in [0, 0.1) is 0 Å². The van der Waals surface area contributed by atoms with E-state index in [4.69, 9.17) is 0 Å². The monoisotopic (exact) mass is 509 g/mol. The van der Waals surface area contributed by atoms with Crippen LogP contribution in [0.25, 0.3) is 0 Å². The first-order valence-corrected chi connectivity index (χ1v) is 12.6. The fourth-order valence-corrected chi connectivity index (χ4v) is 4.93. The van der Waals surface area contributed by atoms with Crippen molar-refractivity contribution in [3.63, 3.8) is 0 Å². The van der Waals surface area contributed by atoms with Crippen molar-refractivity contribution < 1.29 is 14.7 Å². The van der Waals surface area contributed by atoms with Crippen LogP contribution >= 0.6 is 0 Å². The molecule has 38 heavy (non-hydrogen) atoms. The molecular weight excluding hydrogens is 478 g/mol. The number of hydrogen-bond acceptors (Lipinski definition) is 5. The van der Waals surface area contributed by atoms with Gasteiger partial charge in [0.15, 0.2) is 0 Å². The van der Waals surface area contributed by atoms with Crippen LogP contribution in [0.15, 0.2) is 85.6 Å². The highest BCUT2D eigenvalue weighted by Crippen LogP contribution is 2.34. The molecule has 2 aromatic carbocycles. The number of aliphatic hydroxyl groups is 1. The Kier molecular flexibility index (Phi) is 6.82. The molecule has 0 radical (unpaired) electrons. The molecule has 0 saturated heterocycles. The lowest BCUT2D eigenvalue weighted by molar-refractivity contribution is -0.124. The number of hydrogen-bond donors (Lipinski definition) is 3. The molecule has 0 saturated carbocycles. The molecule has 5 rings (SSSR count). The number of imidazole rings is 1. The van der Waals surface area contributed by atoms with Gasteiger partial charge in [-0.2, -0.15) is 0 Å². The first-order valence-electron chi connectivity index (χ1n) is 12.6. The summed E-state index contributed by atoms with van der Waals surface area (Å²) in [6.45, 7) is 6.35. The van der Waals surface area contributed by atoms with Crippen molar-refractivity contribution >= 4 is 17.5 Å². The molecule has 8 heteroatoms. The average Bonchev–Trinajstić information content (AvgIpc) is 3.56. The standard InChI is InChI=1S/C30H31N5O3/c1-30(2,3)21-10-12-22(13-11-21)35(29(38)25-17-32-18-33-25)26(20-8-6-14-31-16-20)28(37)34-24-15-19-7-4-5-9-23(19)27(24)36/h4-14,16-18,24,26-27,36H,15H2,1-3H3,(H,32,33)(H,34,37)/t24-,26?,27+/m0/s1. The first-order chi connectivity index (χ1) is 18.2. The Bertz CT molecular complexity index is 1410. The van der Waals surface area contributed by atoms with Gasteiger partial charge in [-0.05, 0) is 46.7 Å². The van der Waals surface area contributed by atoms with Crippen LogP contribution in [0.5, 0.6) is 0 Å². The van der Waals surface area contributed by atoms with Crippen LogP contribution < -0.4 is 10.2 Å². The van der Waals surface area contributed by atoms with Crippen LogP contribution in [-0.2, 0) is 16.6 Å². The molecule has 194 valence electrons. The van der Waals surface area contributed by atoms with Gasteiger partial charge in [-0.3, -0.25) is 19.5 Å². The van der Waals surface area contributed by atoms with E-state index < -0.39 is 30.0 Å². The second-order valence-corrected chi connectivity index (χ2v) is 10.6. The number of rotatable bonds is 6. The molecule has 2 amide bonds. The number of aliphatic hydroxyl groups excluding tert-OH is 1. The predicted molar refractivity (Wildman–Crippen MR) is 145 cm³/mol. The number of nitrogens with zero attached hydrogens (tertiary/aromatic N) is 3. The third-order valence-corrected chi connectivity index (χ3v) is 6.98. The molecule has 2 aromatic heterocycles. The zero-order valence-corrected chi connectivity index (χ0v) is 21.6. The molecule has 1 unspecified atom stereocenters. The highest BCUT2D eigenvalue weighted by Gasteiger charge is 2.38. The van der Waals surface area contributed by atoms with E-state index in [-0.39, 0.29) is 11.1 Å². The van der Waals surface area contributed by atoms with Gasteiger partial charge in [0.25, 0.3) is 5.91 Å². The van der Waals surface area contributed by atoms with Crippen molar-refractivity contribution in [2.24, 2.45) is 0 Å². The minimum absolute atomic E-state index is 0.0801. The van der Waals surface area contributed by atoms with Crippen molar-refractivity contribution in [2.75, 3.05) is 4.90 Å². The Hall–Kier alpha value is -4.30. The first kappa shape index (κ1) is 25.4. The second kappa shape index (κ2) is 10.2. The number of carbonyl (C=O) groups is 2. The minimum atomic E-state index is -1.05. The highest BCUT2D eigenvalue weighted by molar-refractivity contribution is 6.09. The fraction of sp³-hybridized carbons (Fsp3) is 0.267. The van der Waals surface area contributed by atoms with Gasteiger partial charge in [0, 0.05) is 29.8 Å². The zero-order chi connectivity index (χ0) is 26.9. The van der Waals surface area contributed by atoms with E-state index in [9.17, 15) is 14.7 Å². The van der Waals surface area contributed by atoms with E-state index in [2.05, 4.69) is 41.0 Å². The SMILES string of the molecule is CC(C)(C)c1ccc(N(C(=O)c2c[nH]cn2)C(C(=O)N[C@H]2Cc3ccccc3[C@H]2O)c2cccnc2)cc1. The number of aromatic nitrogens is 3. The van der Waals surface area contributed by atoms with E-state index in [0.29, 0.717) is 17.7 Å². The van der Waals surface area contributed by atoms with Crippen LogP contribution in [-0.4, -0.2) is 37.9 Å². The summed E-state index contributed by atoms with van der Waals surface area (Å²) in [5.74, 6) is -0.854. The average molecular weight is 510 g/mol. The molecule has 0 fully saturated rings. The molecule has 2 heterocycles. The molecule has 4 aromatic rings. The van der Waals surface area contributed by atoms with Crippen LogP contribution in [0.1, 0.15) is 65.7 Å². The Morgan fingerprint density at radius 1 is 1.08 bits per heavy atom. The van der Waals surface area contributed by atoms with Gasteiger partial charge in [0.2, 0.25) is 5.91 Å². The molecule has 3 N–H and O–H groups in total. The summed E-state index contributed by atoms with van der Waals surface area (Å²) in [5.41, 5.74) is 4.08. The largest absolute Gasteiger partial charge is 0.386 e. The van der Waals surface area contributed by atoms with E-state index in [0.717, 1.165) is 16.7 Å². The third-order valence-electron chi connectivity index (χ3n) is 6.98. The third kappa shape index (κ3) is 4.95. The number of H-pyrrole nitrogens is 1. The van der Waals surface area contributed by atoms with Crippen molar-refractivity contribution in [3.8, 4) is 0 Å².